The van der Waals surface area contributed by atoms with Gasteiger partial charge >= 0.3 is 66.5 Å². The molecule has 0 fully saturated rings. The maximum absolute atomic E-state index is 5.88. The van der Waals surface area contributed by atoms with Crippen molar-refractivity contribution in [1.82, 2.24) is 0 Å². The zero-order valence-electron chi connectivity index (χ0n) is 13.3. The van der Waals surface area contributed by atoms with Gasteiger partial charge in [-0.1, -0.05) is 0 Å². The minimum atomic E-state index is -2.11. The van der Waals surface area contributed by atoms with Crippen molar-refractivity contribution in [2.75, 3.05) is 0 Å². The van der Waals surface area contributed by atoms with E-state index in [2.05, 4.69) is 0 Å². The predicted octanol–water partition coefficient (Wildman–Crippen LogP) is 0.421. The zero-order chi connectivity index (χ0) is 13.2. The first-order valence-corrected chi connectivity index (χ1v) is 7.23. The van der Waals surface area contributed by atoms with E-state index in [4.69, 9.17) is 11.4 Å². The van der Waals surface area contributed by atoms with Crippen molar-refractivity contribution in [1.29, 1.82) is 0 Å². The van der Waals surface area contributed by atoms with Crippen LogP contribution in [0, 0.1) is 0 Å². The Labute approximate surface area is 155 Å². The molecular weight excluding hydrogens is 258 g/mol. The van der Waals surface area contributed by atoms with E-state index in [1.807, 2.05) is 62.3 Å². The van der Waals surface area contributed by atoms with Crippen LogP contribution in [0.2, 0.25) is 0 Å². The molecule has 0 atom stereocenters. The van der Waals surface area contributed by atoms with Crippen LogP contribution in [0.4, 0.5) is 0 Å². The normalized spacial score (nSPS) is 13.8. The van der Waals surface area contributed by atoms with Crippen LogP contribution < -0.4 is 51.4 Å². The van der Waals surface area contributed by atoms with E-state index < -0.39 is 15.1 Å². The average molecular weight is 285 g/mol. The summed E-state index contributed by atoms with van der Waals surface area (Å²) in [5, 5.41) is 0. The monoisotopic (exact) mass is 285 g/mol. The van der Waals surface area contributed by atoms with Crippen LogP contribution in [0.25, 0.3) is 0 Å². The number of rotatable bonds is 3. The van der Waals surface area contributed by atoms with Crippen LogP contribution in [-0.2, 0) is 11.4 Å². The molecule has 0 aromatic carbocycles. The van der Waals surface area contributed by atoms with Gasteiger partial charge in [0.2, 0.25) is 0 Å². The van der Waals surface area contributed by atoms with Gasteiger partial charge in [0.15, 0.2) is 0 Å². The molecule has 0 aliphatic heterocycles. The van der Waals surface area contributed by atoms with Crippen LogP contribution in [0.1, 0.15) is 62.3 Å². The molecule has 0 saturated heterocycles. The van der Waals surface area contributed by atoms with E-state index >= 15 is 0 Å². The van der Waals surface area contributed by atoms with Crippen LogP contribution in [0.15, 0.2) is 0 Å². The van der Waals surface area contributed by atoms with Gasteiger partial charge in [-0.3, -0.25) is 0 Å². The van der Waals surface area contributed by atoms with Gasteiger partial charge in [0.25, 0.3) is 0 Å². The molecule has 0 N–H and O–H groups in total. The van der Waals surface area contributed by atoms with E-state index in [0.29, 0.717) is 0 Å². The summed E-state index contributed by atoms with van der Waals surface area (Å²) in [6, 6.07) is 0. The van der Waals surface area contributed by atoms with E-state index in [0.717, 1.165) is 0 Å². The standard InChI is InChI=1S/3C4H9O.Al.K/c3*1-4(2,3)5;;/h3*1-3H3;;/q3*-1;+2;+1. The molecule has 0 aliphatic rings. The number of hydrogen-bond acceptors (Lipinski definition) is 3. The smallest absolute Gasteiger partial charge is 0.630 e. The molecule has 0 aliphatic carbocycles. The molecule has 0 aromatic rings. The Balaban J connectivity index is 0. The molecule has 0 rings (SSSR count). The molecular formula is C12H27AlKO3. The summed E-state index contributed by atoms with van der Waals surface area (Å²) in [4.78, 5) is 0. The molecule has 1 radical (unpaired) electrons. The van der Waals surface area contributed by atoms with Crippen molar-refractivity contribution >= 4 is 15.1 Å². The Morgan fingerprint density at radius 3 is 0.824 bits per heavy atom. The first-order chi connectivity index (χ1) is 6.79. The summed E-state index contributed by atoms with van der Waals surface area (Å²) in [6.45, 7) is 18.2. The molecule has 0 bridgehead atoms. The second kappa shape index (κ2) is 7.73. The maximum Gasteiger partial charge on any atom is 1.00 e. The molecule has 0 saturated carbocycles. The maximum atomic E-state index is 5.88. The van der Waals surface area contributed by atoms with Crippen LogP contribution in [0.5, 0.6) is 0 Å². The predicted molar refractivity (Wildman–Crippen MR) is 68.3 cm³/mol. The minimum absolute atomic E-state index is 0. The van der Waals surface area contributed by atoms with E-state index in [1.54, 1.807) is 0 Å². The third-order valence-electron chi connectivity index (χ3n) is 1.35. The van der Waals surface area contributed by atoms with E-state index in [1.165, 1.54) is 0 Å². The Morgan fingerprint density at radius 1 is 0.529 bits per heavy atom. The van der Waals surface area contributed by atoms with Crippen LogP contribution >= 0.6 is 0 Å². The first kappa shape index (κ1) is 21.3. The molecule has 17 heavy (non-hydrogen) atoms. The van der Waals surface area contributed by atoms with Gasteiger partial charge in [-0.05, 0) is 62.3 Å². The van der Waals surface area contributed by atoms with Crippen molar-refractivity contribution in [2.24, 2.45) is 0 Å². The molecule has 0 aromatic heterocycles. The third kappa shape index (κ3) is 16.0. The quantitative estimate of drug-likeness (QED) is 0.704. The summed E-state index contributed by atoms with van der Waals surface area (Å²) in [7, 11) is 0. The van der Waals surface area contributed by atoms with Crippen LogP contribution in [0.3, 0.4) is 0 Å². The summed E-state index contributed by atoms with van der Waals surface area (Å²) in [5.74, 6) is 0. The molecule has 97 valence electrons. The molecule has 3 nitrogen and oxygen atoms in total. The first-order valence-electron chi connectivity index (χ1n) is 5.82. The van der Waals surface area contributed by atoms with Crippen molar-refractivity contribution in [3.8, 4) is 0 Å². The van der Waals surface area contributed by atoms with E-state index in [-0.39, 0.29) is 68.2 Å². The Bertz CT molecular complexity index is 175. The van der Waals surface area contributed by atoms with Gasteiger partial charge < -0.3 is 11.4 Å². The second-order valence-electron chi connectivity index (χ2n) is 6.98. The van der Waals surface area contributed by atoms with E-state index in [9.17, 15) is 0 Å². The van der Waals surface area contributed by atoms with Gasteiger partial charge in [-0.15, -0.1) is 0 Å². The summed E-state index contributed by atoms with van der Waals surface area (Å²) in [5.41, 5.74) is -0.686. The van der Waals surface area contributed by atoms with Gasteiger partial charge in [0, 0.05) is 16.8 Å². The molecule has 5 heteroatoms. The van der Waals surface area contributed by atoms with Crippen LogP contribution in [-0.4, -0.2) is 32.0 Å². The zero-order valence-corrected chi connectivity index (χ0v) is 17.6. The summed E-state index contributed by atoms with van der Waals surface area (Å²) < 4.78 is 17.7. The minimum Gasteiger partial charge on any atom is -0.630 e. The topological polar surface area (TPSA) is 27.7 Å². The largest absolute Gasteiger partial charge is 1.00 e. The second-order valence-corrected chi connectivity index (χ2v) is 8.26. The fourth-order valence-corrected chi connectivity index (χ4v) is 2.81. The molecule has 0 heterocycles. The molecule has 0 unspecified atom stereocenters. The Kier molecular flexibility index (Phi) is 9.71. The number of hydrogen-bond donors (Lipinski definition) is 0. The van der Waals surface area contributed by atoms with Gasteiger partial charge in [0.1, 0.15) is 0 Å². The fraction of sp³-hybridized carbons (Fsp3) is 1.00. The van der Waals surface area contributed by atoms with Crippen molar-refractivity contribution in [2.45, 2.75) is 79.1 Å². The Morgan fingerprint density at radius 2 is 0.706 bits per heavy atom. The summed E-state index contributed by atoms with van der Waals surface area (Å²) >= 11 is -2.11. The Hall–Kier alpha value is 2.05. The van der Waals surface area contributed by atoms with Gasteiger partial charge in [0.05, 0.1) is 0 Å². The van der Waals surface area contributed by atoms with Gasteiger partial charge in [-0.2, -0.15) is 0 Å². The molecule has 0 spiro atoms. The SMILES string of the molecule is CC(C)(C)[O][Al-]([O]C(C)(C)C)[O]C(C)(C)C.[K+]. The van der Waals surface area contributed by atoms with Crippen molar-refractivity contribution in [3.63, 3.8) is 0 Å². The third-order valence-corrected chi connectivity index (χ3v) is 4.05. The average Bonchev–Trinajstić information content (AvgIpc) is 1.70. The summed E-state index contributed by atoms with van der Waals surface area (Å²) in [6.07, 6.45) is 0. The van der Waals surface area contributed by atoms with Crippen molar-refractivity contribution < 1.29 is 62.8 Å². The van der Waals surface area contributed by atoms with Crippen molar-refractivity contribution in [3.05, 3.63) is 0 Å². The fourth-order valence-electron chi connectivity index (χ4n) is 0.938. The molecule has 0 amide bonds. The van der Waals surface area contributed by atoms with Gasteiger partial charge in [-0.25, -0.2) is 0 Å².